The van der Waals surface area contributed by atoms with Gasteiger partial charge in [0.1, 0.15) is 17.3 Å². The van der Waals surface area contributed by atoms with Crippen molar-refractivity contribution in [2.45, 2.75) is 39.8 Å². The maximum Gasteiger partial charge on any atom is 0.317 e. The average Bonchev–Trinajstić information content (AvgIpc) is 2.34. The van der Waals surface area contributed by atoms with Crippen molar-refractivity contribution in [2.75, 3.05) is 13.2 Å². The Morgan fingerprint density at radius 1 is 1.37 bits per heavy atom. The number of ether oxygens (including phenoxy) is 1. The van der Waals surface area contributed by atoms with E-state index in [2.05, 4.69) is 42.6 Å². The zero-order valence-corrected chi connectivity index (χ0v) is 12.8. The zero-order valence-electron chi connectivity index (χ0n) is 12.0. The summed E-state index contributed by atoms with van der Waals surface area (Å²) in [5.74, 6) is 0. The highest BCUT2D eigenvalue weighted by molar-refractivity contribution is 7.80. The van der Waals surface area contributed by atoms with Gasteiger partial charge >= 0.3 is 6.01 Å². The van der Waals surface area contributed by atoms with Crippen LogP contribution in [-0.2, 0) is 0 Å². The molecule has 0 spiro atoms. The SMILES string of the molecule is CC(C)N(CCOc1nccc(C(N)=S)n1)C(C)C. The van der Waals surface area contributed by atoms with Gasteiger partial charge in [0, 0.05) is 24.8 Å². The second-order valence-corrected chi connectivity index (χ2v) is 5.30. The second kappa shape index (κ2) is 7.35. The van der Waals surface area contributed by atoms with Crippen molar-refractivity contribution in [3.05, 3.63) is 18.0 Å². The molecule has 0 bridgehead atoms. The van der Waals surface area contributed by atoms with E-state index in [0.29, 0.717) is 30.4 Å². The van der Waals surface area contributed by atoms with Crippen LogP contribution < -0.4 is 10.5 Å². The van der Waals surface area contributed by atoms with Crippen LogP contribution in [0.1, 0.15) is 33.4 Å². The van der Waals surface area contributed by atoms with Crippen LogP contribution in [0, 0.1) is 0 Å². The van der Waals surface area contributed by atoms with Gasteiger partial charge in [-0.2, -0.15) is 4.98 Å². The first-order valence-corrected chi connectivity index (χ1v) is 6.84. The van der Waals surface area contributed by atoms with Gasteiger partial charge < -0.3 is 10.5 Å². The van der Waals surface area contributed by atoms with Crippen LogP contribution in [0.25, 0.3) is 0 Å². The van der Waals surface area contributed by atoms with E-state index in [-0.39, 0.29) is 4.99 Å². The van der Waals surface area contributed by atoms with Gasteiger partial charge in [-0.05, 0) is 33.8 Å². The van der Waals surface area contributed by atoms with E-state index in [0.717, 1.165) is 6.54 Å². The Balaban J connectivity index is 2.53. The van der Waals surface area contributed by atoms with Crippen LogP contribution >= 0.6 is 12.2 Å². The van der Waals surface area contributed by atoms with Crippen LogP contribution in [0.3, 0.4) is 0 Å². The molecule has 0 amide bonds. The summed E-state index contributed by atoms with van der Waals surface area (Å²) >= 11 is 4.87. The molecule has 1 heterocycles. The lowest BCUT2D eigenvalue weighted by molar-refractivity contribution is 0.138. The predicted octanol–water partition coefficient (Wildman–Crippen LogP) is 1.61. The average molecular weight is 282 g/mol. The van der Waals surface area contributed by atoms with Crippen LogP contribution in [0.15, 0.2) is 12.3 Å². The molecule has 1 aromatic heterocycles. The van der Waals surface area contributed by atoms with Crippen molar-refractivity contribution in [1.29, 1.82) is 0 Å². The molecule has 6 heteroatoms. The van der Waals surface area contributed by atoms with Crippen molar-refractivity contribution in [3.63, 3.8) is 0 Å². The van der Waals surface area contributed by atoms with E-state index < -0.39 is 0 Å². The summed E-state index contributed by atoms with van der Waals surface area (Å²) < 4.78 is 5.55. The normalized spacial score (nSPS) is 11.3. The molecule has 2 N–H and O–H groups in total. The van der Waals surface area contributed by atoms with E-state index in [1.807, 2.05) is 0 Å². The monoisotopic (exact) mass is 282 g/mol. The number of nitrogens with zero attached hydrogens (tertiary/aromatic N) is 3. The molecule has 0 fully saturated rings. The van der Waals surface area contributed by atoms with Crippen LogP contribution in [0.4, 0.5) is 0 Å². The Morgan fingerprint density at radius 2 is 2.00 bits per heavy atom. The van der Waals surface area contributed by atoms with Gasteiger partial charge in [0.15, 0.2) is 0 Å². The third-order valence-electron chi connectivity index (χ3n) is 2.79. The number of nitrogens with two attached hydrogens (primary N) is 1. The van der Waals surface area contributed by atoms with Crippen molar-refractivity contribution >= 4 is 17.2 Å². The summed E-state index contributed by atoms with van der Waals surface area (Å²) in [4.78, 5) is 10.8. The fraction of sp³-hybridized carbons (Fsp3) is 0.615. The summed E-state index contributed by atoms with van der Waals surface area (Å²) in [5, 5.41) is 0. The maximum atomic E-state index is 5.55. The highest BCUT2D eigenvalue weighted by atomic mass is 32.1. The smallest absolute Gasteiger partial charge is 0.317 e. The van der Waals surface area contributed by atoms with Crippen molar-refractivity contribution < 1.29 is 4.74 Å². The van der Waals surface area contributed by atoms with E-state index >= 15 is 0 Å². The zero-order chi connectivity index (χ0) is 14.4. The molecule has 0 aliphatic heterocycles. The van der Waals surface area contributed by atoms with Crippen LogP contribution in [0.2, 0.25) is 0 Å². The molecule has 0 unspecified atom stereocenters. The molecule has 1 aromatic rings. The lowest BCUT2D eigenvalue weighted by Crippen LogP contribution is -2.39. The predicted molar refractivity (Wildman–Crippen MR) is 80.4 cm³/mol. The number of aromatic nitrogens is 2. The lowest BCUT2D eigenvalue weighted by atomic mass is 10.2. The Kier molecular flexibility index (Phi) is 6.11. The molecule has 19 heavy (non-hydrogen) atoms. The van der Waals surface area contributed by atoms with Gasteiger partial charge in [-0.25, -0.2) is 4.98 Å². The minimum atomic E-state index is 0.248. The van der Waals surface area contributed by atoms with E-state index in [9.17, 15) is 0 Å². The molecule has 0 aliphatic rings. The quantitative estimate of drug-likeness (QED) is 0.767. The Bertz CT molecular complexity index is 415. The summed E-state index contributed by atoms with van der Waals surface area (Å²) in [6.07, 6.45) is 1.60. The Hall–Kier alpha value is -1.27. The van der Waals surface area contributed by atoms with Gasteiger partial charge in [0.2, 0.25) is 0 Å². The van der Waals surface area contributed by atoms with E-state index in [1.165, 1.54) is 0 Å². The van der Waals surface area contributed by atoms with Crippen LogP contribution in [-0.4, -0.2) is 45.1 Å². The molecule has 1 rings (SSSR count). The van der Waals surface area contributed by atoms with Gasteiger partial charge in [0.05, 0.1) is 0 Å². The van der Waals surface area contributed by atoms with Gasteiger partial charge in [-0.1, -0.05) is 12.2 Å². The third-order valence-corrected chi connectivity index (χ3v) is 3.00. The van der Waals surface area contributed by atoms with Gasteiger partial charge in [-0.15, -0.1) is 0 Å². The topological polar surface area (TPSA) is 64.3 Å². The fourth-order valence-corrected chi connectivity index (χ4v) is 2.02. The summed E-state index contributed by atoms with van der Waals surface area (Å²) in [6.45, 7) is 10.1. The molecule has 5 nitrogen and oxygen atoms in total. The summed E-state index contributed by atoms with van der Waals surface area (Å²) in [7, 11) is 0. The van der Waals surface area contributed by atoms with Crippen molar-refractivity contribution in [1.82, 2.24) is 14.9 Å². The molecule has 0 radical (unpaired) electrons. The van der Waals surface area contributed by atoms with Crippen LogP contribution in [0.5, 0.6) is 6.01 Å². The van der Waals surface area contributed by atoms with Gasteiger partial charge in [0.25, 0.3) is 0 Å². The summed E-state index contributed by atoms with van der Waals surface area (Å²) in [6, 6.07) is 2.95. The molecule has 0 aromatic carbocycles. The highest BCUT2D eigenvalue weighted by Crippen LogP contribution is 2.06. The molecule has 106 valence electrons. The standard InChI is InChI=1S/C13H22N4OS/c1-9(2)17(10(3)4)7-8-18-13-15-6-5-11(16-13)12(14)19/h5-6,9-10H,7-8H2,1-4H3,(H2,14,19). The molecule has 0 aliphatic carbocycles. The minimum Gasteiger partial charge on any atom is -0.462 e. The first-order valence-electron chi connectivity index (χ1n) is 6.43. The largest absolute Gasteiger partial charge is 0.462 e. The number of rotatable bonds is 7. The Labute approximate surface area is 120 Å². The second-order valence-electron chi connectivity index (χ2n) is 4.86. The molecule has 0 atom stereocenters. The first kappa shape index (κ1) is 15.8. The minimum absolute atomic E-state index is 0.248. The number of thiocarbonyl (C=S) groups is 1. The number of hydrogen-bond acceptors (Lipinski definition) is 5. The third kappa shape index (κ3) is 5.08. The number of hydrogen-bond donors (Lipinski definition) is 1. The highest BCUT2D eigenvalue weighted by Gasteiger charge is 2.13. The molecular weight excluding hydrogens is 260 g/mol. The van der Waals surface area contributed by atoms with Crippen molar-refractivity contribution in [2.24, 2.45) is 5.73 Å². The molecule has 0 saturated heterocycles. The maximum absolute atomic E-state index is 5.55. The lowest BCUT2D eigenvalue weighted by Gasteiger charge is -2.30. The van der Waals surface area contributed by atoms with E-state index in [1.54, 1.807) is 12.3 Å². The summed E-state index contributed by atoms with van der Waals surface area (Å²) in [5.41, 5.74) is 6.05. The van der Waals surface area contributed by atoms with Gasteiger partial charge in [-0.3, -0.25) is 4.90 Å². The Morgan fingerprint density at radius 3 is 2.53 bits per heavy atom. The molecular formula is C13H22N4OS. The molecule has 0 saturated carbocycles. The van der Waals surface area contributed by atoms with E-state index in [4.69, 9.17) is 22.7 Å². The first-order chi connectivity index (χ1) is 8.91. The van der Waals surface area contributed by atoms with Crippen molar-refractivity contribution in [3.8, 4) is 6.01 Å². The fourth-order valence-electron chi connectivity index (χ4n) is 1.90.